The van der Waals surface area contributed by atoms with Gasteiger partial charge >= 0.3 is 23.9 Å². The van der Waals surface area contributed by atoms with Crippen molar-refractivity contribution < 1.29 is 38.1 Å². The van der Waals surface area contributed by atoms with Gasteiger partial charge in [0, 0.05) is 70.2 Å². The Morgan fingerprint density at radius 2 is 0.762 bits per heavy atom. The molecule has 0 unspecified atom stereocenters. The van der Waals surface area contributed by atoms with Crippen molar-refractivity contribution in [3.05, 3.63) is 239 Å². The Morgan fingerprint density at radius 3 is 1.21 bits per heavy atom. The monoisotopic (exact) mass is 1060 g/mol. The highest BCUT2D eigenvalue weighted by atomic mass is 16.5. The Bertz CT molecular complexity index is 3670. The van der Waals surface area contributed by atoms with E-state index in [0.29, 0.717) is 122 Å². The average Bonchev–Trinajstić information content (AvgIpc) is 4.30. The third kappa shape index (κ3) is 13.3. The molecule has 0 N–H and O–H groups in total. The van der Waals surface area contributed by atoms with E-state index in [4.69, 9.17) is 38.9 Å². The van der Waals surface area contributed by atoms with E-state index < -0.39 is 23.9 Å². The number of nitrogens with zero attached hydrogens (tertiary/aromatic N) is 4. The van der Waals surface area contributed by atoms with E-state index in [1.54, 1.807) is 48.5 Å². The predicted molar refractivity (Wildman–Crippen MR) is 318 cm³/mol. The zero-order valence-electron chi connectivity index (χ0n) is 45.2. The third-order valence-electron chi connectivity index (χ3n) is 13.0. The highest BCUT2D eigenvalue weighted by Crippen LogP contribution is 2.51. The molecule has 0 radical (unpaired) electrons. The van der Waals surface area contributed by atoms with Crippen LogP contribution in [0.4, 0.5) is 0 Å². The Hall–Kier alpha value is -9.68. The molecule has 4 aromatic rings. The van der Waals surface area contributed by atoms with Crippen LogP contribution in [0.3, 0.4) is 0 Å². The maximum atomic E-state index is 14.0. The predicted octanol–water partition coefficient (Wildman–Crippen LogP) is 14.7. The minimum Gasteiger partial charge on any atom is -0.426 e. The van der Waals surface area contributed by atoms with Gasteiger partial charge in [0.05, 0.1) is 45.6 Å². The van der Waals surface area contributed by atoms with Gasteiger partial charge in [0.2, 0.25) is 0 Å². The highest BCUT2D eigenvalue weighted by Gasteiger charge is 2.37. The number of carbonyl (C=O) groups is 4. The van der Waals surface area contributed by atoms with Gasteiger partial charge in [-0.1, -0.05) is 121 Å². The van der Waals surface area contributed by atoms with E-state index in [-0.39, 0.29) is 42.9 Å². The SMILES string of the molecule is CC=CCCC(=O)Oc1ccccc1C1=CC2=CC3=NC(=CC4=NC(=CC5=NC(=C(c6ccccc6OC(=O)CCC=CC)C1=N2)C(c1ccccc1OC(=O)CCC=CC)=C5c1ccccc1OC(=O)CCC=CC)C=C4)C=C3. The molecule has 0 atom stereocenters. The van der Waals surface area contributed by atoms with Crippen molar-refractivity contribution in [3.8, 4) is 23.0 Å². The maximum absolute atomic E-state index is 14.0. The molecule has 0 spiro atoms. The van der Waals surface area contributed by atoms with E-state index in [1.165, 1.54) is 0 Å². The van der Waals surface area contributed by atoms with Gasteiger partial charge in [-0.25, -0.2) is 20.0 Å². The van der Waals surface area contributed by atoms with Crippen molar-refractivity contribution in [1.29, 1.82) is 0 Å². The maximum Gasteiger partial charge on any atom is 0.311 e. The lowest BCUT2D eigenvalue weighted by molar-refractivity contribution is -0.135. The molecule has 0 aromatic heterocycles. The Kier molecular flexibility index (Phi) is 18.3. The molecule has 4 aromatic carbocycles. The largest absolute Gasteiger partial charge is 0.426 e. The van der Waals surface area contributed by atoms with Crippen LogP contribution >= 0.6 is 0 Å². The summed E-state index contributed by atoms with van der Waals surface area (Å²) < 4.78 is 25.2. The zero-order chi connectivity index (χ0) is 55.8. The molecule has 80 heavy (non-hydrogen) atoms. The number of rotatable bonds is 20. The molecule has 0 saturated carbocycles. The van der Waals surface area contributed by atoms with Crippen molar-refractivity contribution in [2.24, 2.45) is 20.0 Å². The van der Waals surface area contributed by atoms with E-state index in [0.717, 1.165) is 0 Å². The molecule has 5 heterocycles. The van der Waals surface area contributed by atoms with Crippen LogP contribution in [0, 0.1) is 0 Å². The number of benzene rings is 4. The van der Waals surface area contributed by atoms with Gasteiger partial charge in [-0.2, -0.15) is 0 Å². The lowest BCUT2D eigenvalue weighted by atomic mass is 9.85. The smallest absolute Gasteiger partial charge is 0.311 e. The topological polar surface area (TPSA) is 155 Å². The summed E-state index contributed by atoms with van der Waals surface area (Å²) in [5.74, 6) is -0.809. The van der Waals surface area contributed by atoms with Crippen LogP contribution < -0.4 is 18.9 Å². The van der Waals surface area contributed by atoms with Crippen LogP contribution in [-0.2, 0) is 19.2 Å². The lowest BCUT2D eigenvalue weighted by Crippen LogP contribution is -2.13. The Labute approximate surface area is 466 Å². The summed E-state index contributed by atoms with van der Waals surface area (Å²) in [5, 5.41) is 0. The first-order chi connectivity index (χ1) is 39.1. The highest BCUT2D eigenvalue weighted by molar-refractivity contribution is 6.51. The number of carbonyl (C=O) groups excluding carboxylic acids is 4. The van der Waals surface area contributed by atoms with Crippen LogP contribution in [0.1, 0.15) is 101 Å². The van der Waals surface area contributed by atoms with E-state index in [9.17, 15) is 19.2 Å². The molecule has 5 aliphatic rings. The molecule has 9 rings (SSSR count). The van der Waals surface area contributed by atoms with Gasteiger partial charge in [-0.05, 0) is 126 Å². The molecule has 12 heteroatoms. The number of ether oxygens (including phenoxy) is 4. The van der Waals surface area contributed by atoms with Crippen LogP contribution in [0.25, 0.3) is 22.3 Å². The molecule has 8 bridgehead atoms. The summed E-state index contributed by atoms with van der Waals surface area (Å²) in [6.45, 7) is 7.59. The number of allylic oxidation sites excluding steroid dienone is 20. The first kappa shape index (κ1) is 55.1. The van der Waals surface area contributed by atoms with Gasteiger partial charge in [-0.15, -0.1) is 0 Å². The van der Waals surface area contributed by atoms with Crippen molar-refractivity contribution in [2.75, 3.05) is 0 Å². The summed E-state index contributed by atoms with van der Waals surface area (Å²) >= 11 is 0. The van der Waals surface area contributed by atoms with Gasteiger partial charge in [0.25, 0.3) is 0 Å². The van der Waals surface area contributed by atoms with Gasteiger partial charge in [0.1, 0.15) is 23.0 Å². The fraction of sp³-hybridized carbons (Fsp3) is 0.176. The van der Waals surface area contributed by atoms with Crippen molar-refractivity contribution in [1.82, 2.24) is 0 Å². The first-order valence-electron chi connectivity index (χ1n) is 26.9. The first-order valence-corrected chi connectivity index (χ1v) is 26.9. The second-order valence-corrected chi connectivity index (χ2v) is 18.7. The zero-order valence-corrected chi connectivity index (χ0v) is 45.2. The van der Waals surface area contributed by atoms with Crippen molar-refractivity contribution >= 4 is 69.0 Å². The molecule has 0 fully saturated rings. The number of hydrogen-bond acceptors (Lipinski definition) is 12. The molecule has 12 nitrogen and oxygen atoms in total. The molecular weight excluding hydrogens is 1000 g/mol. The Morgan fingerprint density at radius 1 is 0.388 bits per heavy atom. The summed E-state index contributed by atoms with van der Waals surface area (Å²) in [5.41, 5.74) is 7.91. The summed E-state index contributed by atoms with van der Waals surface area (Å²) in [7, 11) is 0. The quantitative estimate of drug-likeness (QED) is 0.0481. The van der Waals surface area contributed by atoms with Gasteiger partial charge in [0.15, 0.2) is 0 Å². The molecule has 0 saturated heterocycles. The van der Waals surface area contributed by atoms with Crippen molar-refractivity contribution in [2.45, 2.75) is 79.1 Å². The summed E-state index contributed by atoms with van der Waals surface area (Å²) in [6, 6.07) is 29.0. The van der Waals surface area contributed by atoms with Crippen LogP contribution in [-0.4, -0.2) is 46.7 Å². The van der Waals surface area contributed by atoms with E-state index in [1.807, 2.05) is 173 Å². The number of esters is 4. The number of fused-ring (bicyclic) bond motifs is 4. The fourth-order valence-electron chi connectivity index (χ4n) is 9.36. The minimum absolute atomic E-state index is 0.0979. The molecule has 0 aliphatic carbocycles. The van der Waals surface area contributed by atoms with Gasteiger partial charge < -0.3 is 18.9 Å². The number of hydrogen-bond donors (Lipinski definition) is 0. The fourth-order valence-corrected chi connectivity index (χ4v) is 9.36. The third-order valence-corrected chi connectivity index (χ3v) is 13.0. The second kappa shape index (κ2) is 26.6. The molecular formula is C68H60N4O8. The average molecular weight is 1060 g/mol. The summed E-state index contributed by atoms with van der Waals surface area (Å²) in [6.07, 6.45) is 32.7. The molecule has 400 valence electrons. The van der Waals surface area contributed by atoms with Crippen LogP contribution in [0.2, 0.25) is 0 Å². The number of aliphatic imine (C=N–C) groups is 4. The lowest BCUT2D eigenvalue weighted by Gasteiger charge is -2.21. The van der Waals surface area contributed by atoms with Gasteiger partial charge in [-0.3, -0.25) is 19.2 Å². The molecule has 5 aliphatic heterocycles. The minimum atomic E-state index is -0.469. The molecule has 0 amide bonds. The second-order valence-electron chi connectivity index (χ2n) is 18.7. The Balaban J connectivity index is 1.42. The van der Waals surface area contributed by atoms with E-state index in [2.05, 4.69) is 0 Å². The van der Waals surface area contributed by atoms with Crippen LogP contribution in [0.15, 0.2) is 237 Å². The van der Waals surface area contributed by atoms with Crippen molar-refractivity contribution in [3.63, 3.8) is 0 Å². The van der Waals surface area contributed by atoms with E-state index >= 15 is 0 Å². The normalized spacial score (nSPS) is 15.6. The standard InChI is InChI=1S/C68H60N4O8/c1-5-9-13-33-60(73)77-56-29-21-17-25-50(56)54-43-49-42-47-38-37-45(69-47)41-46-39-40-48(70-46)44-55-64(51-26-18-22-30-57(51)78-61(74)34-14-10-6-2)65(52-27-19-23-31-58(52)79-62(75)35-15-11-7-3)68(72-55)66(67(54)71-49)53-28-20-24-32-59(53)80-63(76)36-16-12-8-4/h5-12,17-32,37-44H,13-16,33-36H2,1-4H3. The number of para-hydroxylation sites is 4. The summed E-state index contributed by atoms with van der Waals surface area (Å²) in [4.78, 5) is 76.5. The van der Waals surface area contributed by atoms with Crippen LogP contribution in [0.5, 0.6) is 23.0 Å².